The number of amides is 1. The van der Waals surface area contributed by atoms with E-state index in [9.17, 15) is 9.18 Å². The maximum absolute atomic E-state index is 12.9. The molecule has 0 N–H and O–H groups in total. The van der Waals surface area contributed by atoms with E-state index in [0.717, 1.165) is 16.5 Å². The van der Waals surface area contributed by atoms with Crippen molar-refractivity contribution in [3.63, 3.8) is 0 Å². The molecule has 2 aromatic rings. The molecule has 4 nitrogen and oxygen atoms in total. The fourth-order valence-electron chi connectivity index (χ4n) is 2.56. The van der Waals surface area contributed by atoms with Gasteiger partial charge in [-0.05, 0) is 45.8 Å². The Morgan fingerprint density at radius 2 is 2.13 bits per heavy atom. The Labute approximate surface area is 142 Å². The first-order valence-corrected chi connectivity index (χ1v) is 8.20. The zero-order valence-electron chi connectivity index (χ0n) is 12.4. The summed E-state index contributed by atoms with van der Waals surface area (Å²) >= 11 is 3.40. The van der Waals surface area contributed by atoms with Gasteiger partial charge in [0.25, 0.3) is 0 Å². The van der Waals surface area contributed by atoms with Crippen molar-refractivity contribution in [2.24, 2.45) is 0 Å². The molecule has 6 heteroatoms. The number of nitrogens with zero attached hydrogens (tertiary/aromatic N) is 2. The summed E-state index contributed by atoms with van der Waals surface area (Å²) in [6, 6.07) is 9.72. The molecule has 1 aromatic carbocycles. The van der Waals surface area contributed by atoms with Gasteiger partial charge in [0.05, 0.1) is 17.4 Å². The predicted octanol–water partition coefficient (Wildman–Crippen LogP) is 3.21. The lowest BCUT2D eigenvalue weighted by atomic mass is 10.1. The van der Waals surface area contributed by atoms with Crippen LogP contribution in [-0.2, 0) is 11.2 Å². The van der Waals surface area contributed by atoms with Crippen LogP contribution >= 0.6 is 15.9 Å². The molecule has 0 bridgehead atoms. The van der Waals surface area contributed by atoms with Crippen molar-refractivity contribution in [2.45, 2.75) is 18.9 Å². The molecule has 1 unspecified atom stereocenters. The molecule has 1 aromatic heterocycles. The topological polar surface area (TPSA) is 42.4 Å². The Kier molecular flexibility index (Phi) is 4.91. The van der Waals surface area contributed by atoms with E-state index in [1.54, 1.807) is 23.2 Å². The maximum atomic E-state index is 12.9. The van der Waals surface area contributed by atoms with E-state index in [4.69, 9.17) is 4.74 Å². The van der Waals surface area contributed by atoms with Gasteiger partial charge in [-0.15, -0.1) is 0 Å². The number of hydrogen-bond acceptors (Lipinski definition) is 3. The Balaban J connectivity index is 1.55. The fourth-order valence-corrected chi connectivity index (χ4v) is 2.90. The highest BCUT2D eigenvalue weighted by molar-refractivity contribution is 9.10. The number of benzene rings is 1. The number of carbonyl (C=O) groups is 1. The minimum absolute atomic E-state index is 0.0304. The molecule has 1 amide bonds. The second kappa shape index (κ2) is 7.08. The summed E-state index contributed by atoms with van der Waals surface area (Å²) in [7, 11) is 0. The zero-order chi connectivity index (χ0) is 16.2. The molecule has 2 heterocycles. The van der Waals surface area contributed by atoms with Crippen LogP contribution in [0.1, 0.15) is 12.0 Å². The first kappa shape index (κ1) is 15.9. The van der Waals surface area contributed by atoms with Crippen LogP contribution in [0.25, 0.3) is 0 Å². The molecule has 0 saturated carbocycles. The lowest BCUT2D eigenvalue weighted by molar-refractivity contribution is -0.129. The monoisotopic (exact) mass is 378 g/mol. The van der Waals surface area contributed by atoms with Crippen molar-refractivity contribution in [1.29, 1.82) is 0 Å². The predicted molar refractivity (Wildman–Crippen MR) is 87.7 cm³/mol. The largest absolute Gasteiger partial charge is 0.472 e. The summed E-state index contributed by atoms with van der Waals surface area (Å²) in [5, 5.41) is 0. The van der Waals surface area contributed by atoms with E-state index >= 15 is 0 Å². The van der Waals surface area contributed by atoms with E-state index in [1.165, 1.54) is 12.1 Å². The van der Waals surface area contributed by atoms with E-state index in [1.807, 2.05) is 12.1 Å². The summed E-state index contributed by atoms with van der Waals surface area (Å²) in [5.41, 5.74) is 0.813. The maximum Gasteiger partial charge on any atom is 0.228 e. The van der Waals surface area contributed by atoms with Crippen molar-refractivity contribution in [3.8, 4) is 5.88 Å². The Morgan fingerprint density at radius 3 is 2.87 bits per heavy atom. The summed E-state index contributed by atoms with van der Waals surface area (Å²) in [6.07, 6.45) is 2.67. The highest BCUT2D eigenvalue weighted by atomic mass is 79.9. The second-order valence-corrected chi connectivity index (χ2v) is 6.32. The van der Waals surface area contributed by atoms with Crippen molar-refractivity contribution < 1.29 is 13.9 Å². The van der Waals surface area contributed by atoms with Gasteiger partial charge in [-0.2, -0.15) is 0 Å². The van der Waals surface area contributed by atoms with Crippen LogP contribution < -0.4 is 4.74 Å². The lowest BCUT2D eigenvalue weighted by Crippen LogP contribution is -2.32. The summed E-state index contributed by atoms with van der Waals surface area (Å²) < 4.78 is 19.5. The first-order valence-electron chi connectivity index (χ1n) is 7.41. The van der Waals surface area contributed by atoms with Gasteiger partial charge in [0, 0.05) is 19.2 Å². The summed E-state index contributed by atoms with van der Waals surface area (Å²) in [6.45, 7) is 1.21. The molecule has 120 valence electrons. The fraction of sp³-hybridized carbons (Fsp3) is 0.294. The van der Waals surface area contributed by atoms with Crippen molar-refractivity contribution >= 4 is 21.8 Å². The van der Waals surface area contributed by atoms with E-state index in [0.29, 0.717) is 19.0 Å². The molecule has 1 fully saturated rings. The quantitative estimate of drug-likeness (QED) is 0.820. The number of likely N-dealkylation sites (tertiary alicyclic amines) is 1. The van der Waals surface area contributed by atoms with Crippen LogP contribution in [0.15, 0.2) is 47.1 Å². The summed E-state index contributed by atoms with van der Waals surface area (Å²) in [4.78, 5) is 18.3. The van der Waals surface area contributed by atoms with Crippen LogP contribution in [0.5, 0.6) is 5.88 Å². The average Bonchev–Trinajstić information content (AvgIpc) is 3.01. The standard InChI is InChI=1S/C17H16BrFN2O2/c18-15-2-1-8-20-17(15)23-14-7-9-21(11-14)16(22)10-12-3-5-13(19)6-4-12/h1-6,8,14H,7,9-11H2. The van der Waals surface area contributed by atoms with Gasteiger partial charge >= 0.3 is 0 Å². The first-order chi connectivity index (χ1) is 11.1. The van der Waals surface area contributed by atoms with Gasteiger partial charge in [0.1, 0.15) is 11.9 Å². The van der Waals surface area contributed by atoms with Gasteiger partial charge in [-0.1, -0.05) is 12.1 Å². The van der Waals surface area contributed by atoms with E-state index in [-0.39, 0.29) is 24.2 Å². The third kappa shape index (κ3) is 4.07. The lowest BCUT2D eigenvalue weighted by Gasteiger charge is -2.17. The highest BCUT2D eigenvalue weighted by Gasteiger charge is 2.28. The SMILES string of the molecule is O=C(Cc1ccc(F)cc1)N1CCC(Oc2ncccc2Br)C1. The molecular weight excluding hydrogens is 363 g/mol. The van der Waals surface area contributed by atoms with Crippen LogP contribution in [-0.4, -0.2) is 35.0 Å². The smallest absolute Gasteiger partial charge is 0.228 e. The molecule has 0 aliphatic carbocycles. The molecule has 1 aliphatic heterocycles. The third-order valence-electron chi connectivity index (χ3n) is 3.77. The molecule has 0 spiro atoms. The minimum Gasteiger partial charge on any atom is -0.472 e. The van der Waals surface area contributed by atoms with Crippen LogP contribution in [0, 0.1) is 5.82 Å². The van der Waals surface area contributed by atoms with Crippen LogP contribution in [0.4, 0.5) is 4.39 Å². The van der Waals surface area contributed by atoms with Crippen LogP contribution in [0.3, 0.4) is 0 Å². The number of hydrogen-bond donors (Lipinski definition) is 0. The second-order valence-electron chi connectivity index (χ2n) is 5.46. The van der Waals surface area contributed by atoms with Crippen LogP contribution in [0.2, 0.25) is 0 Å². The van der Waals surface area contributed by atoms with Gasteiger partial charge in [0.2, 0.25) is 11.8 Å². The summed E-state index contributed by atoms with van der Waals surface area (Å²) in [5.74, 6) is 0.282. The molecule has 3 rings (SSSR count). The minimum atomic E-state index is -0.295. The Hall–Kier alpha value is -1.95. The molecular formula is C17H16BrFN2O2. The van der Waals surface area contributed by atoms with E-state index < -0.39 is 0 Å². The normalized spacial score (nSPS) is 17.3. The van der Waals surface area contributed by atoms with E-state index in [2.05, 4.69) is 20.9 Å². The number of halogens is 2. The van der Waals surface area contributed by atoms with Gasteiger partial charge in [0.15, 0.2) is 0 Å². The van der Waals surface area contributed by atoms with Crippen molar-refractivity contribution in [2.75, 3.05) is 13.1 Å². The van der Waals surface area contributed by atoms with Gasteiger partial charge in [-0.25, -0.2) is 9.37 Å². The zero-order valence-corrected chi connectivity index (χ0v) is 14.0. The Bertz CT molecular complexity index is 693. The highest BCUT2D eigenvalue weighted by Crippen LogP contribution is 2.24. The Morgan fingerprint density at radius 1 is 1.35 bits per heavy atom. The van der Waals surface area contributed by atoms with Gasteiger partial charge in [-0.3, -0.25) is 4.79 Å². The molecule has 1 saturated heterocycles. The third-order valence-corrected chi connectivity index (χ3v) is 4.37. The molecule has 1 aliphatic rings. The molecule has 23 heavy (non-hydrogen) atoms. The number of pyridine rings is 1. The van der Waals surface area contributed by atoms with Crippen molar-refractivity contribution in [3.05, 3.63) is 58.4 Å². The number of rotatable bonds is 4. The van der Waals surface area contributed by atoms with Crippen molar-refractivity contribution in [1.82, 2.24) is 9.88 Å². The average molecular weight is 379 g/mol. The number of carbonyl (C=O) groups excluding carboxylic acids is 1. The number of aromatic nitrogens is 1. The molecule has 0 radical (unpaired) electrons. The van der Waals surface area contributed by atoms with Gasteiger partial charge < -0.3 is 9.64 Å². The number of ether oxygens (including phenoxy) is 1. The molecule has 1 atom stereocenters.